The number of aldehydes is 1. The smallest absolute Gasteiger partial charge is 0.234 e. The van der Waals surface area contributed by atoms with Gasteiger partial charge in [0.2, 0.25) is 11.6 Å². The molecule has 1 aliphatic carbocycles. The first-order valence-electron chi connectivity index (χ1n) is 38.9. The van der Waals surface area contributed by atoms with E-state index in [9.17, 15) is 14.4 Å². The number of Topliss-reactive ketones (excluding diaryl/α,β-unsaturated/α-hetero) is 2. The third-order valence-corrected chi connectivity index (χ3v) is 22.4. The van der Waals surface area contributed by atoms with Gasteiger partial charge in [0.05, 0.1) is 35.4 Å². The second-order valence-corrected chi connectivity index (χ2v) is 31.9. The Hall–Kier alpha value is -7.74. The van der Waals surface area contributed by atoms with Gasteiger partial charge >= 0.3 is 0 Å². The maximum Gasteiger partial charge on any atom is 0.234 e. The molecule has 12 aromatic rings. The lowest BCUT2D eigenvalue weighted by molar-refractivity contribution is 0.0815. The van der Waals surface area contributed by atoms with Gasteiger partial charge in [-0.1, -0.05) is 356 Å². The summed E-state index contributed by atoms with van der Waals surface area (Å²) in [6.07, 6.45) is 32.2. The number of benzene rings is 11. The lowest BCUT2D eigenvalue weighted by atomic mass is 9.84. The van der Waals surface area contributed by atoms with Crippen molar-refractivity contribution in [2.45, 2.75) is 197 Å². The molecule has 11 aromatic carbocycles. The SMILES string of the molecule is C.C.CCCCCCCCC(CCCCCC)COc1ccc2ccccc2c1-c1nc2c3cc(Br)ccc3c3ccc(Br)cc3c2n1-c1ccccc1.CCCCCCCCC(CCCCCC)COc1ccc2ccccc2c1C=O.Nc1ccccc1.O=C1C(=O)c2cc(Br)ccc2-c2ccc(Br)cc21. The molecule has 8 nitrogen and oxygen atoms in total. The molecule has 0 saturated heterocycles. The highest BCUT2D eigenvalue weighted by molar-refractivity contribution is 9.11. The lowest BCUT2D eigenvalue weighted by Crippen LogP contribution is -2.21. The fraction of sp³-hybridized carbons (Fsp3) is 0.354. The quantitative estimate of drug-likeness (QED) is 0.0143. The molecule has 0 bridgehead atoms. The van der Waals surface area contributed by atoms with E-state index in [1.54, 1.807) is 12.1 Å². The largest absolute Gasteiger partial charge is 0.493 e. The second kappa shape index (κ2) is 44.8. The molecule has 2 N–H and O–H groups in total. The van der Waals surface area contributed by atoms with Gasteiger partial charge in [-0.05, 0) is 166 Å². The molecule has 0 spiro atoms. The van der Waals surface area contributed by atoms with Gasteiger partial charge in [0.15, 0.2) is 6.29 Å². The number of aromatic nitrogens is 2. The van der Waals surface area contributed by atoms with Crippen LogP contribution in [0.1, 0.15) is 228 Å². The van der Waals surface area contributed by atoms with Crippen LogP contribution in [0.2, 0.25) is 0 Å². The summed E-state index contributed by atoms with van der Waals surface area (Å²) < 4.78 is 19.3. The molecule has 2 atom stereocenters. The zero-order chi connectivity index (χ0) is 74.6. The zero-order valence-corrected chi connectivity index (χ0v) is 68.6. The summed E-state index contributed by atoms with van der Waals surface area (Å²) in [6.45, 7) is 10.6. The third-order valence-electron chi connectivity index (χ3n) is 20.4. The van der Waals surface area contributed by atoms with Crippen LogP contribution in [0.4, 0.5) is 5.69 Å². The van der Waals surface area contributed by atoms with Crippen molar-refractivity contribution in [2.24, 2.45) is 11.8 Å². The Bertz CT molecular complexity index is 4780. The standard InChI is InChI=1S/C47H50Br2N2O.C27H40O2.C14H6Br2O2.C6H7N.2CH4/c1-3-5-7-9-10-13-19-33(18-12-8-6-4-2)32-52-43-29-24-34-20-16-17-23-38(34)44(43)47-50-45-41-30-35(48)25-27-39(41)40-28-26-36(49)31-42(40)46(45)51(47)37-21-14-11-15-22-37;1-3-5-7-9-10-12-16-23(15-11-8-6-4-2)22-29-27-20-19-24-17-13-14-18-25(24)26(27)21-28;15-7-1-3-9-10-4-2-8(16)6-12(10)14(18)13(17)11(9)5-7;7-6-4-2-1-3-5-6;;/h11,14-17,20-31,33H,3-10,12-13,18-19,32H2,1-2H3;13-14,17-21,23H,3-12,15-16,22H2,1-2H3;1-6H;1-5H,7H2;2*1H4. The van der Waals surface area contributed by atoms with E-state index in [4.69, 9.17) is 20.2 Å². The molecule has 568 valence electrons. The number of nitrogens with two attached hydrogens (primary N) is 1. The first kappa shape index (κ1) is 85.9. The van der Waals surface area contributed by atoms with Crippen LogP contribution in [0, 0.1) is 11.8 Å². The number of anilines is 1. The number of nitrogens with zero attached hydrogens (tertiary/aromatic N) is 2. The van der Waals surface area contributed by atoms with Crippen molar-refractivity contribution in [3.8, 4) is 39.7 Å². The van der Waals surface area contributed by atoms with Crippen molar-refractivity contribution in [2.75, 3.05) is 18.9 Å². The Morgan fingerprint density at radius 3 is 1.29 bits per heavy atom. The maximum atomic E-state index is 12.1. The summed E-state index contributed by atoms with van der Waals surface area (Å²) >= 11 is 14.2. The molecule has 1 aromatic heterocycles. The van der Waals surface area contributed by atoms with Gasteiger partial charge in [0.25, 0.3) is 0 Å². The molecular weight excluding hydrogens is 1590 g/mol. The number of hydrogen-bond donors (Lipinski definition) is 1. The number of ether oxygens (including phenoxy) is 2. The number of para-hydroxylation sites is 2. The summed E-state index contributed by atoms with van der Waals surface area (Å²) in [7, 11) is 0. The van der Waals surface area contributed by atoms with Crippen LogP contribution >= 0.6 is 63.7 Å². The maximum absolute atomic E-state index is 12.1. The van der Waals surface area contributed by atoms with Crippen molar-refractivity contribution in [3.63, 3.8) is 0 Å². The van der Waals surface area contributed by atoms with Gasteiger partial charge in [0.1, 0.15) is 17.3 Å². The number of fused-ring (bicyclic) bond motifs is 11. The highest BCUT2D eigenvalue weighted by Crippen LogP contribution is 2.45. The van der Waals surface area contributed by atoms with Gasteiger partial charge in [-0.15, -0.1) is 0 Å². The summed E-state index contributed by atoms with van der Waals surface area (Å²) in [5, 5.41) is 9.09. The topological polar surface area (TPSA) is 114 Å². The number of halogens is 4. The van der Waals surface area contributed by atoms with Gasteiger partial charge in [-0.2, -0.15) is 0 Å². The van der Waals surface area contributed by atoms with Crippen LogP contribution in [-0.4, -0.2) is 40.6 Å². The van der Waals surface area contributed by atoms with Crippen molar-refractivity contribution < 1.29 is 23.9 Å². The number of unbranched alkanes of at least 4 members (excludes halogenated alkanes) is 16. The molecule has 2 unspecified atom stereocenters. The van der Waals surface area contributed by atoms with Crippen molar-refractivity contribution in [1.29, 1.82) is 0 Å². The average Bonchev–Trinajstić information content (AvgIpc) is 1.54. The van der Waals surface area contributed by atoms with E-state index in [2.05, 4.69) is 205 Å². The highest BCUT2D eigenvalue weighted by Gasteiger charge is 2.31. The number of imidazole rings is 1. The van der Waals surface area contributed by atoms with Crippen LogP contribution in [-0.2, 0) is 0 Å². The Kier molecular flexibility index (Phi) is 35.6. The highest BCUT2D eigenvalue weighted by atomic mass is 79.9. The monoisotopic (exact) mass is 1700 g/mol. The van der Waals surface area contributed by atoms with E-state index in [0.717, 1.165) is 121 Å². The molecule has 0 fully saturated rings. The molecule has 108 heavy (non-hydrogen) atoms. The number of carbonyl (C=O) groups is 3. The normalized spacial score (nSPS) is 12.0. The van der Waals surface area contributed by atoms with Gasteiger partial charge < -0.3 is 15.2 Å². The predicted octanol–water partition coefficient (Wildman–Crippen LogP) is 30.6. The summed E-state index contributed by atoms with van der Waals surface area (Å²) in [5.41, 5.74) is 13.6. The molecule has 1 heterocycles. The predicted molar refractivity (Wildman–Crippen MR) is 475 cm³/mol. The molecule has 1 aliphatic rings. The minimum absolute atomic E-state index is 0. The third kappa shape index (κ3) is 23.2. The summed E-state index contributed by atoms with van der Waals surface area (Å²) in [5.74, 6) is 2.77. The molecule has 0 amide bonds. The molecule has 0 aliphatic heterocycles. The minimum Gasteiger partial charge on any atom is -0.493 e. The van der Waals surface area contributed by atoms with Crippen LogP contribution in [0.25, 0.3) is 82.3 Å². The zero-order valence-electron chi connectivity index (χ0n) is 62.3. The van der Waals surface area contributed by atoms with Crippen LogP contribution in [0.5, 0.6) is 11.5 Å². The number of carbonyl (C=O) groups excluding carboxylic acids is 3. The summed E-state index contributed by atoms with van der Waals surface area (Å²) in [6, 6.07) is 69.4. The van der Waals surface area contributed by atoms with Crippen molar-refractivity contribution in [1.82, 2.24) is 9.55 Å². The van der Waals surface area contributed by atoms with Crippen molar-refractivity contribution >= 4 is 141 Å². The Balaban J connectivity index is 0.000000218. The Morgan fingerprint density at radius 2 is 0.796 bits per heavy atom. The van der Waals surface area contributed by atoms with E-state index in [1.165, 1.54) is 170 Å². The molecule has 0 radical (unpaired) electrons. The van der Waals surface area contributed by atoms with E-state index in [0.29, 0.717) is 28.5 Å². The molecule has 13 rings (SSSR count). The molecular formula is C96H111Br4N3O5. The van der Waals surface area contributed by atoms with Crippen molar-refractivity contribution in [3.05, 3.63) is 241 Å². The number of nitrogen functional groups attached to an aromatic ring is 1. The molecule has 0 saturated carbocycles. The first-order chi connectivity index (χ1) is 51.8. The molecule has 12 heteroatoms. The Labute approximate surface area is 677 Å². The van der Waals surface area contributed by atoms with Gasteiger partial charge in [-0.25, -0.2) is 4.98 Å². The van der Waals surface area contributed by atoms with E-state index in [-0.39, 0.29) is 14.9 Å². The van der Waals surface area contributed by atoms with Crippen LogP contribution < -0.4 is 15.2 Å². The fourth-order valence-electron chi connectivity index (χ4n) is 14.6. The first-order valence-corrected chi connectivity index (χ1v) is 42.0. The van der Waals surface area contributed by atoms with Gasteiger partial charge in [0, 0.05) is 51.2 Å². The number of rotatable bonds is 33. The van der Waals surface area contributed by atoms with Gasteiger partial charge in [-0.3, -0.25) is 19.0 Å². The Morgan fingerprint density at radius 1 is 0.398 bits per heavy atom. The second-order valence-electron chi connectivity index (χ2n) is 28.3. The average molecular weight is 1710 g/mol. The van der Waals surface area contributed by atoms with Crippen LogP contribution in [0.15, 0.2) is 224 Å². The number of hydrogen-bond acceptors (Lipinski definition) is 7. The van der Waals surface area contributed by atoms with E-state index >= 15 is 0 Å². The minimum atomic E-state index is -0.447. The summed E-state index contributed by atoms with van der Waals surface area (Å²) in [4.78, 5) is 41.5. The van der Waals surface area contributed by atoms with E-state index in [1.807, 2.05) is 84.9 Å². The van der Waals surface area contributed by atoms with Crippen LogP contribution in [0.3, 0.4) is 0 Å². The lowest BCUT2D eigenvalue weighted by Gasteiger charge is -2.21. The fourth-order valence-corrected chi connectivity index (χ4v) is 16.1. The van der Waals surface area contributed by atoms with E-state index < -0.39 is 11.6 Å². The number of ketones is 2.